The molecule has 0 aliphatic carbocycles. The molecule has 1 heterocycles. The van der Waals surface area contributed by atoms with Gasteiger partial charge in [0.25, 0.3) is 11.8 Å². The highest BCUT2D eigenvalue weighted by molar-refractivity contribution is 6.43. The molecule has 1 fully saturated rings. The number of carbonyl (C=O) groups is 3. The molecular weight excluding hydrogens is 431 g/mol. The molecule has 9 heteroatoms. The first kappa shape index (κ1) is 21.7. The van der Waals surface area contributed by atoms with Gasteiger partial charge in [-0.15, -0.1) is 0 Å². The number of barbiturate groups is 1. The first-order valence-electron chi connectivity index (χ1n) is 9.11. The Morgan fingerprint density at radius 2 is 1.63 bits per heavy atom. The predicted octanol–water partition coefficient (Wildman–Crippen LogP) is 4.46. The second kappa shape index (κ2) is 9.19. The van der Waals surface area contributed by atoms with Gasteiger partial charge in [0.2, 0.25) is 0 Å². The van der Waals surface area contributed by atoms with Gasteiger partial charge in [-0.2, -0.15) is 0 Å². The van der Waals surface area contributed by atoms with Gasteiger partial charge < -0.3 is 9.47 Å². The summed E-state index contributed by atoms with van der Waals surface area (Å²) in [7, 11) is 0. The fraction of sp³-hybridized carbons (Fsp3) is 0.190. The fourth-order valence-corrected chi connectivity index (χ4v) is 3.13. The predicted molar refractivity (Wildman–Crippen MR) is 114 cm³/mol. The lowest BCUT2D eigenvalue weighted by molar-refractivity contribution is -0.122. The Morgan fingerprint density at radius 1 is 0.933 bits per heavy atom. The minimum atomic E-state index is -0.873. The van der Waals surface area contributed by atoms with E-state index < -0.39 is 17.8 Å². The van der Waals surface area contributed by atoms with Crippen molar-refractivity contribution < 1.29 is 23.9 Å². The van der Waals surface area contributed by atoms with Crippen LogP contribution in [-0.2, 0) is 9.59 Å². The van der Waals surface area contributed by atoms with Gasteiger partial charge in [-0.05, 0) is 55.8 Å². The monoisotopic (exact) mass is 448 g/mol. The third-order valence-electron chi connectivity index (χ3n) is 4.14. The lowest BCUT2D eigenvalue weighted by Crippen LogP contribution is -2.54. The Kier molecular flexibility index (Phi) is 6.64. The van der Waals surface area contributed by atoms with Gasteiger partial charge in [-0.1, -0.05) is 29.3 Å². The summed E-state index contributed by atoms with van der Waals surface area (Å²) in [6.07, 6.45) is 1.38. The van der Waals surface area contributed by atoms with Crippen molar-refractivity contribution in [3.63, 3.8) is 0 Å². The molecule has 0 atom stereocenters. The van der Waals surface area contributed by atoms with E-state index in [0.29, 0.717) is 30.3 Å². The summed E-state index contributed by atoms with van der Waals surface area (Å²) in [5.74, 6) is -0.551. The number of halogens is 2. The van der Waals surface area contributed by atoms with Crippen molar-refractivity contribution in [3.05, 3.63) is 57.6 Å². The third-order valence-corrected chi connectivity index (χ3v) is 4.88. The number of amides is 4. The maximum Gasteiger partial charge on any atom is 0.335 e. The van der Waals surface area contributed by atoms with Crippen LogP contribution in [0.2, 0.25) is 10.0 Å². The number of carbonyl (C=O) groups excluding carboxylic acids is 3. The Labute approximate surface area is 183 Å². The van der Waals surface area contributed by atoms with Crippen LogP contribution in [0.3, 0.4) is 0 Å². The molecule has 1 aliphatic heterocycles. The van der Waals surface area contributed by atoms with Crippen LogP contribution in [0, 0.1) is 0 Å². The maximum absolute atomic E-state index is 13.0. The standard InChI is InChI=1S/C21H18Cl2N2O5/c1-3-29-17-8-5-12(10-18(17)30-4-2)9-14-19(26)24-21(28)25(20(14)27)13-6-7-15(22)16(23)11-13/h5-11H,3-4H2,1-2H3,(H,24,26,28)/b14-9+. The summed E-state index contributed by atoms with van der Waals surface area (Å²) in [4.78, 5) is 38.4. The Morgan fingerprint density at radius 3 is 2.30 bits per heavy atom. The third kappa shape index (κ3) is 4.42. The Bertz CT molecular complexity index is 1050. The maximum atomic E-state index is 13.0. The van der Waals surface area contributed by atoms with Crippen LogP contribution in [0.25, 0.3) is 6.08 Å². The molecule has 0 saturated carbocycles. The molecule has 2 aromatic carbocycles. The molecule has 0 radical (unpaired) electrons. The number of rotatable bonds is 6. The van der Waals surface area contributed by atoms with Gasteiger partial charge in [-0.25, -0.2) is 9.69 Å². The van der Waals surface area contributed by atoms with Crippen LogP contribution < -0.4 is 19.7 Å². The van der Waals surface area contributed by atoms with Crippen LogP contribution in [0.5, 0.6) is 11.5 Å². The van der Waals surface area contributed by atoms with Gasteiger partial charge in [0.05, 0.1) is 28.9 Å². The molecule has 3 rings (SSSR count). The van der Waals surface area contributed by atoms with Crippen molar-refractivity contribution >= 4 is 52.8 Å². The molecule has 30 heavy (non-hydrogen) atoms. The van der Waals surface area contributed by atoms with Crippen molar-refractivity contribution in [2.45, 2.75) is 13.8 Å². The van der Waals surface area contributed by atoms with E-state index in [9.17, 15) is 14.4 Å². The van der Waals surface area contributed by atoms with E-state index in [-0.39, 0.29) is 21.3 Å². The number of benzene rings is 2. The first-order chi connectivity index (χ1) is 14.3. The molecule has 156 valence electrons. The molecule has 1 aliphatic rings. The van der Waals surface area contributed by atoms with E-state index in [0.717, 1.165) is 4.90 Å². The van der Waals surface area contributed by atoms with Crippen LogP contribution in [0.4, 0.5) is 10.5 Å². The fourth-order valence-electron chi connectivity index (χ4n) is 2.84. The zero-order chi connectivity index (χ0) is 21.8. The minimum Gasteiger partial charge on any atom is -0.490 e. The second-order valence-corrected chi connectivity index (χ2v) is 6.94. The summed E-state index contributed by atoms with van der Waals surface area (Å²) < 4.78 is 11.1. The molecule has 4 amide bonds. The lowest BCUT2D eigenvalue weighted by Gasteiger charge is -2.26. The highest BCUT2D eigenvalue weighted by Crippen LogP contribution is 2.31. The Hall–Kier alpha value is -3.03. The SMILES string of the molecule is CCOc1ccc(/C=C2\C(=O)NC(=O)N(c3ccc(Cl)c(Cl)c3)C2=O)cc1OCC. The number of nitrogens with one attached hydrogen (secondary N) is 1. The van der Waals surface area contributed by atoms with E-state index in [2.05, 4.69) is 5.32 Å². The van der Waals surface area contributed by atoms with E-state index in [1.165, 1.54) is 24.3 Å². The van der Waals surface area contributed by atoms with Gasteiger partial charge in [-0.3, -0.25) is 14.9 Å². The van der Waals surface area contributed by atoms with E-state index in [1.54, 1.807) is 18.2 Å². The topological polar surface area (TPSA) is 84.9 Å². The largest absolute Gasteiger partial charge is 0.490 e. The normalized spacial score (nSPS) is 15.4. The molecule has 1 N–H and O–H groups in total. The van der Waals surface area contributed by atoms with Gasteiger partial charge in [0.15, 0.2) is 11.5 Å². The van der Waals surface area contributed by atoms with E-state index >= 15 is 0 Å². The quantitative estimate of drug-likeness (QED) is 0.520. The van der Waals surface area contributed by atoms with Crippen LogP contribution in [-0.4, -0.2) is 31.1 Å². The molecule has 0 bridgehead atoms. The van der Waals surface area contributed by atoms with E-state index in [4.69, 9.17) is 32.7 Å². The van der Waals surface area contributed by atoms with Crippen molar-refractivity contribution in [1.29, 1.82) is 0 Å². The zero-order valence-electron chi connectivity index (χ0n) is 16.2. The first-order valence-corrected chi connectivity index (χ1v) is 9.87. The molecule has 0 spiro atoms. The van der Waals surface area contributed by atoms with Crippen molar-refractivity contribution in [3.8, 4) is 11.5 Å². The molecule has 0 unspecified atom stereocenters. The van der Waals surface area contributed by atoms with Crippen LogP contribution in [0.1, 0.15) is 19.4 Å². The number of ether oxygens (including phenoxy) is 2. The molecule has 1 saturated heterocycles. The van der Waals surface area contributed by atoms with Crippen LogP contribution in [0.15, 0.2) is 42.0 Å². The van der Waals surface area contributed by atoms with Crippen molar-refractivity contribution in [1.82, 2.24) is 5.32 Å². The molecule has 0 aromatic heterocycles. The van der Waals surface area contributed by atoms with Gasteiger partial charge in [0, 0.05) is 0 Å². The summed E-state index contributed by atoms with van der Waals surface area (Å²) in [6.45, 7) is 4.56. The summed E-state index contributed by atoms with van der Waals surface area (Å²) in [5.41, 5.74) is 0.503. The number of hydrogen-bond acceptors (Lipinski definition) is 5. The van der Waals surface area contributed by atoms with Crippen molar-refractivity contribution in [2.24, 2.45) is 0 Å². The van der Waals surface area contributed by atoms with Gasteiger partial charge >= 0.3 is 6.03 Å². The number of urea groups is 1. The number of imide groups is 2. The second-order valence-electron chi connectivity index (χ2n) is 6.13. The molecule has 2 aromatic rings. The molecular formula is C21H18Cl2N2O5. The van der Waals surface area contributed by atoms with Gasteiger partial charge in [0.1, 0.15) is 5.57 Å². The number of hydrogen-bond donors (Lipinski definition) is 1. The number of anilines is 1. The van der Waals surface area contributed by atoms with Crippen molar-refractivity contribution in [2.75, 3.05) is 18.1 Å². The average molecular weight is 449 g/mol. The summed E-state index contributed by atoms with van der Waals surface area (Å²) in [5, 5.41) is 2.61. The number of nitrogens with zero attached hydrogens (tertiary/aromatic N) is 1. The lowest BCUT2D eigenvalue weighted by atomic mass is 10.1. The average Bonchev–Trinajstić information content (AvgIpc) is 2.70. The summed E-state index contributed by atoms with van der Waals surface area (Å²) >= 11 is 11.9. The highest BCUT2D eigenvalue weighted by atomic mass is 35.5. The zero-order valence-corrected chi connectivity index (χ0v) is 17.7. The smallest absolute Gasteiger partial charge is 0.335 e. The summed E-state index contributed by atoms with van der Waals surface area (Å²) in [6, 6.07) is 8.45. The Balaban J connectivity index is 2.00. The van der Waals surface area contributed by atoms with Crippen LogP contribution >= 0.6 is 23.2 Å². The minimum absolute atomic E-state index is 0.171. The highest BCUT2D eigenvalue weighted by Gasteiger charge is 2.37. The molecule has 7 nitrogen and oxygen atoms in total. The van der Waals surface area contributed by atoms with E-state index in [1.807, 2.05) is 13.8 Å².